The normalized spacial score (nSPS) is 13.0. The molecule has 0 aromatic heterocycles. The van der Waals surface area contributed by atoms with E-state index in [0.29, 0.717) is 11.3 Å². The molecule has 6 nitrogen and oxygen atoms in total. The van der Waals surface area contributed by atoms with Crippen LogP contribution in [-0.2, 0) is 17.5 Å². The zero-order valence-corrected chi connectivity index (χ0v) is 13.6. The fourth-order valence-corrected chi connectivity index (χ4v) is 2.41. The van der Waals surface area contributed by atoms with Gasteiger partial charge in [0.1, 0.15) is 5.82 Å². The minimum absolute atomic E-state index is 0.0218. The number of nitrogens with zero attached hydrogens (tertiary/aromatic N) is 2. The van der Waals surface area contributed by atoms with Gasteiger partial charge in [-0.15, -0.1) is 0 Å². The van der Waals surface area contributed by atoms with Gasteiger partial charge in [0.15, 0.2) is 0 Å². The molecule has 1 atom stereocenters. The van der Waals surface area contributed by atoms with E-state index in [9.17, 15) is 18.7 Å². The molecule has 8 heteroatoms. The second kappa shape index (κ2) is 6.48. The number of nitrogens with one attached hydrogen (secondary N) is 1. The summed E-state index contributed by atoms with van der Waals surface area (Å²) in [5.74, 6) is -0.675. The van der Waals surface area contributed by atoms with Crippen molar-refractivity contribution in [1.29, 1.82) is 0 Å². The first-order chi connectivity index (χ1) is 9.54. The van der Waals surface area contributed by atoms with Crippen molar-refractivity contribution in [1.82, 2.24) is 4.72 Å². The zero-order valence-electron chi connectivity index (χ0n) is 12.8. The summed E-state index contributed by atoms with van der Waals surface area (Å²) in [5.41, 5.74) is 0.376. The number of halogens is 1. The molecular formula is C13H20FN3O3S. The van der Waals surface area contributed by atoms with Gasteiger partial charge in [0.05, 0.1) is 38.0 Å². The van der Waals surface area contributed by atoms with Crippen molar-refractivity contribution in [2.75, 3.05) is 19.0 Å². The highest BCUT2D eigenvalue weighted by Crippen LogP contribution is 2.30. The van der Waals surface area contributed by atoms with Gasteiger partial charge in [-0.05, 0) is 26.8 Å². The maximum atomic E-state index is 13.5. The van der Waals surface area contributed by atoms with Crippen molar-refractivity contribution in [3.8, 4) is 0 Å². The van der Waals surface area contributed by atoms with E-state index in [2.05, 4.69) is 4.72 Å². The van der Waals surface area contributed by atoms with E-state index in [1.807, 2.05) is 0 Å². The minimum atomic E-state index is -1.37. The van der Waals surface area contributed by atoms with Gasteiger partial charge in [-0.25, -0.2) is 13.3 Å². The maximum absolute atomic E-state index is 13.5. The molecule has 1 aromatic rings. The summed E-state index contributed by atoms with van der Waals surface area (Å²) in [6.45, 7) is 5.40. The van der Waals surface area contributed by atoms with E-state index in [1.54, 1.807) is 39.8 Å². The number of nitro groups is 1. The van der Waals surface area contributed by atoms with Gasteiger partial charge < -0.3 is 4.90 Å². The molecule has 0 spiro atoms. The lowest BCUT2D eigenvalue weighted by atomic mass is 10.1. The lowest BCUT2D eigenvalue weighted by Crippen LogP contribution is -2.33. The molecule has 0 aliphatic rings. The Morgan fingerprint density at radius 3 is 2.38 bits per heavy atom. The van der Waals surface area contributed by atoms with Crippen LogP contribution in [-0.4, -0.2) is 28.0 Å². The van der Waals surface area contributed by atoms with Crippen LogP contribution in [0.1, 0.15) is 26.3 Å². The number of nitro benzene ring substituents is 1. The fourth-order valence-electron chi connectivity index (χ4n) is 1.71. The van der Waals surface area contributed by atoms with Crippen molar-refractivity contribution in [3.63, 3.8) is 0 Å². The summed E-state index contributed by atoms with van der Waals surface area (Å²) in [7, 11) is 1.97. The van der Waals surface area contributed by atoms with E-state index in [1.165, 1.54) is 6.07 Å². The first-order valence-corrected chi connectivity index (χ1v) is 7.48. The molecular weight excluding hydrogens is 297 g/mol. The van der Waals surface area contributed by atoms with Gasteiger partial charge in [0, 0.05) is 20.6 Å². The standard InChI is InChI=1S/C13H20FN3O3S/c1-13(2,3)21(20)15-8-10-11(16(4)5)6-9(14)7-12(10)17(18)19/h6-7,15H,8H2,1-5H3. The average Bonchev–Trinajstić information content (AvgIpc) is 2.34. The van der Waals surface area contributed by atoms with E-state index in [0.717, 1.165) is 6.07 Å². The molecule has 118 valence electrons. The van der Waals surface area contributed by atoms with Crippen molar-refractivity contribution in [3.05, 3.63) is 33.6 Å². The smallest absolute Gasteiger partial charge is 0.278 e. The molecule has 0 aliphatic heterocycles. The molecule has 1 rings (SSSR count). The monoisotopic (exact) mass is 317 g/mol. The Morgan fingerprint density at radius 1 is 1.38 bits per heavy atom. The van der Waals surface area contributed by atoms with Crippen molar-refractivity contribution in [2.45, 2.75) is 32.1 Å². The Bertz CT molecular complexity index is 571. The fraction of sp³-hybridized carbons (Fsp3) is 0.538. The van der Waals surface area contributed by atoms with Gasteiger partial charge in [0.25, 0.3) is 5.69 Å². The van der Waals surface area contributed by atoms with Crippen LogP contribution in [0.25, 0.3) is 0 Å². The summed E-state index contributed by atoms with van der Waals surface area (Å²) in [5, 5.41) is 11.1. The molecule has 1 unspecified atom stereocenters. The van der Waals surface area contributed by atoms with E-state index in [-0.39, 0.29) is 12.2 Å². The molecule has 0 saturated carbocycles. The number of rotatable bonds is 5. The molecule has 0 fully saturated rings. The third-order valence-electron chi connectivity index (χ3n) is 2.78. The summed E-state index contributed by atoms with van der Waals surface area (Å²) in [4.78, 5) is 12.1. The van der Waals surface area contributed by atoms with Gasteiger partial charge in [-0.2, -0.15) is 0 Å². The molecule has 0 heterocycles. The molecule has 0 saturated heterocycles. The molecule has 1 aromatic carbocycles. The Kier molecular flexibility index (Phi) is 5.41. The minimum Gasteiger partial charge on any atom is -0.377 e. The molecule has 0 aliphatic carbocycles. The van der Waals surface area contributed by atoms with Crippen LogP contribution in [0.15, 0.2) is 12.1 Å². The molecule has 1 N–H and O–H groups in total. The Hall–Kier alpha value is -1.54. The SMILES string of the molecule is CN(C)c1cc(F)cc([N+](=O)[O-])c1CNS(=O)C(C)(C)C. The average molecular weight is 317 g/mol. The van der Waals surface area contributed by atoms with Crippen molar-refractivity contribution in [2.24, 2.45) is 0 Å². The summed E-state index contributed by atoms with van der Waals surface area (Å²) in [6, 6.07) is 2.11. The zero-order chi connectivity index (χ0) is 16.4. The van der Waals surface area contributed by atoms with Gasteiger partial charge >= 0.3 is 0 Å². The highest BCUT2D eigenvalue weighted by Gasteiger charge is 2.24. The Labute approximate surface area is 126 Å². The van der Waals surface area contributed by atoms with Crippen LogP contribution in [0.5, 0.6) is 0 Å². The highest BCUT2D eigenvalue weighted by atomic mass is 32.2. The van der Waals surface area contributed by atoms with Crippen LogP contribution in [0.2, 0.25) is 0 Å². The third-order valence-corrected chi connectivity index (χ3v) is 4.30. The van der Waals surface area contributed by atoms with Crippen molar-refractivity contribution < 1.29 is 13.5 Å². The summed E-state index contributed by atoms with van der Waals surface area (Å²) >= 11 is 0. The first kappa shape index (κ1) is 17.5. The number of benzene rings is 1. The van der Waals surface area contributed by atoms with Gasteiger partial charge in [-0.1, -0.05) is 0 Å². The second-order valence-electron chi connectivity index (χ2n) is 5.78. The predicted octanol–water partition coefficient (Wildman–Crippen LogP) is 2.35. The molecule has 21 heavy (non-hydrogen) atoms. The summed E-state index contributed by atoms with van der Waals surface area (Å²) < 4.78 is 27.8. The largest absolute Gasteiger partial charge is 0.377 e. The van der Waals surface area contributed by atoms with Crippen LogP contribution in [0, 0.1) is 15.9 Å². The Balaban J connectivity index is 3.20. The topological polar surface area (TPSA) is 75.5 Å². The highest BCUT2D eigenvalue weighted by molar-refractivity contribution is 7.84. The van der Waals surface area contributed by atoms with Crippen LogP contribution in [0.4, 0.5) is 15.8 Å². The summed E-state index contributed by atoms with van der Waals surface area (Å²) in [6.07, 6.45) is 0. The van der Waals surface area contributed by atoms with Gasteiger partial charge in [0.2, 0.25) is 0 Å². The van der Waals surface area contributed by atoms with Crippen LogP contribution in [0.3, 0.4) is 0 Å². The predicted molar refractivity (Wildman–Crippen MR) is 82.1 cm³/mol. The lowest BCUT2D eigenvalue weighted by Gasteiger charge is -2.21. The van der Waals surface area contributed by atoms with Crippen LogP contribution < -0.4 is 9.62 Å². The lowest BCUT2D eigenvalue weighted by molar-refractivity contribution is -0.385. The Morgan fingerprint density at radius 2 is 1.95 bits per heavy atom. The van der Waals surface area contributed by atoms with Crippen LogP contribution >= 0.6 is 0 Å². The number of hydrogen-bond donors (Lipinski definition) is 1. The molecule has 0 bridgehead atoms. The number of anilines is 1. The molecule has 0 amide bonds. The van der Waals surface area contributed by atoms with Crippen molar-refractivity contribution >= 4 is 22.4 Å². The second-order valence-corrected chi connectivity index (χ2v) is 7.83. The first-order valence-electron chi connectivity index (χ1n) is 6.33. The van der Waals surface area contributed by atoms with E-state index < -0.39 is 26.5 Å². The van der Waals surface area contributed by atoms with Gasteiger partial charge in [-0.3, -0.25) is 10.1 Å². The maximum Gasteiger partial charge on any atom is 0.278 e. The quantitative estimate of drug-likeness (QED) is 0.668. The van der Waals surface area contributed by atoms with E-state index in [4.69, 9.17) is 0 Å². The molecule has 0 radical (unpaired) electrons. The third kappa shape index (κ3) is 4.47. The van der Waals surface area contributed by atoms with E-state index >= 15 is 0 Å². The number of hydrogen-bond acceptors (Lipinski definition) is 4.